The number of nitrogens with two attached hydrogens (primary N) is 1. The molecule has 30 nitrogen and oxygen atoms in total. The topological polar surface area (TPSA) is 457 Å². The number of amides is 2. The minimum Gasteiger partial charge on any atom is -0.657 e. The Morgan fingerprint density at radius 3 is 2.00 bits per heavy atom. The molecule has 6 aromatic heterocycles. The Kier molecular flexibility index (Phi) is 23.2. The quantitative estimate of drug-likeness (QED) is 0.0179. The number of aliphatic hydroxyl groups excluding tert-OH is 2. The van der Waals surface area contributed by atoms with Gasteiger partial charge in [-0.25, -0.2) is 28.6 Å². The average Bonchev–Trinajstić information content (AvgIpc) is 1.88. The second kappa shape index (κ2) is 29.2. The number of thioether (sulfide) groups is 1. The van der Waals surface area contributed by atoms with Gasteiger partial charge in [0.25, 0.3) is 0 Å². The number of rotatable bonds is 25. The van der Waals surface area contributed by atoms with Gasteiger partial charge in [0, 0.05) is 43.5 Å². The molecular formula is C55H68FeN11O19P3S. The summed E-state index contributed by atoms with van der Waals surface area (Å²) in [5.41, 5.74) is 12.1. The van der Waals surface area contributed by atoms with Crippen LogP contribution in [0.1, 0.15) is 109 Å². The summed E-state index contributed by atoms with van der Waals surface area (Å²) in [4.78, 5) is 123. The molecule has 0 aliphatic carbocycles. The predicted octanol–water partition coefficient (Wildman–Crippen LogP) is -1.40. The van der Waals surface area contributed by atoms with E-state index in [2.05, 4.69) is 34.4 Å². The number of carboxylic acids is 1. The summed E-state index contributed by atoms with van der Waals surface area (Å²) >= 11 is 1.02. The Balaban J connectivity index is 0.0000115. The van der Waals surface area contributed by atoms with Crippen LogP contribution in [0.4, 0.5) is 5.82 Å². The van der Waals surface area contributed by atoms with Crippen molar-refractivity contribution in [2.24, 2.45) is 5.41 Å². The number of phosphoric ester groups is 3. The second-order valence-electron chi connectivity index (χ2n) is 21.7. The van der Waals surface area contributed by atoms with Gasteiger partial charge in [-0.3, -0.25) is 37.3 Å². The molecule has 1 saturated heterocycles. The third-order valence-corrected chi connectivity index (χ3v) is 19.0. The number of fused-ring (bicyclic) bond motifs is 9. The molecule has 2 amide bonds. The number of carbonyl (C=O) groups excluding carboxylic acids is 3. The second-order valence-corrected chi connectivity index (χ2v) is 27.0. The van der Waals surface area contributed by atoms with E-state index in [1.54, 1.807) is 0 Å². The number of nitrogen functional groups attached to an aromatic ring is 1. The van der Waals surface area contributed by atoms with Crippen molar-refractivity contribution >= 4 is 112 Å². The normalized spacial score (nSPS) is 19.9. The number of aliphatic hydroxyl groups is 2. The number of nitrogens with zero attached hydrogens (tertiary/aromatic N) is 8. The number of hydrogen-bond donors (Lipinski definition) is 10. The molecule has 2 aliphatic heterocycles. The molecule has 8 bridgehead atoms. The van der Waals surface area contributed by atoms with Gasteiger partial charge in [-0.15, -0.1) is 44.2 Å². The van der Waals surface area contributed by atoms with Gasteiger partial charge in [0.1, 0.15) is 36.3 Å². The molecule has 11 N–H and O–H groups in total. The number of aliphatic carboxylic acids is 1. The fourth-order valence-electron chi connectivity index (χ4n) is 10.2. The monoisotopic (exact) mass is 1370 g/mol. The number of aromatic nitrogens is 8. The molecular weight excluding hydrogens is 1300 g/mol. The molecule has 0 spiro atoms. The average molecular weight is 1370 g/mol. The first-order valence-corrected chi connectivity index (χ1v) is 33.2. The number of nitrogens with one attached hydrogen (secondary N) is 2. The van der Waals surface area contributed by atoms with E-state index in [1.165, 1.54) is 13.8 Å². The van der Waals surface area contributed by atoms with E-state index in [0.717, 1.165) is 89.5 Å². The Morgan fingerprint density at radius 1 is 0.778 bits per heavy atom. The van der Waals surface area contributed by atoms with Crippen molar-refractivity contribution in [3.63, 3.8) is 0 Å². The summed E-state index contributed by atoms with van der Waals surface area (Å²) < 4.78 is 63.0. The fraction of sp³-hybridized carbons (Fsp3) is 0.436. The van der Waals surface area contributed by atoms with Crippen LogP contribution in [0.3, 0.4) is 0 Å². The minimum absolute atomic E-state index is 0. The van der Waals surface area contributed by atoms with E-state index in [9.17, 15) is 67.8 Å². The number of anilines is 1. The van der Waals surface area contributed by atoms with Gasteiger partial charge >= 0.3 is 46.5 Å². The Bertz CT molecular complexity index is 4270. The molecule has 8 rings (SSSR count). The van der Waals surface area contributed by atoms with Gasteiger partial charge in [-0.2, -0.15) is 4.31 Å². The maximum Gasteiger partial charge on any atom is 4.00 e. The molecule has 0 saturated carbocycles. The van der Waals surface area contributed by atoms with Crippen LogP contribution in [0.25, 0.3) is 47.6 Å². The summed E-state index contributed by atoms with van der Waals surface area (Å²) in [5, 5.41) is 41.0. The van der Waals surface area contributed by atoms with Gasteiger partial charge < -0.3 is 75.9 Å². The van der Waals surface area contributed by atoms with Gasteiger partial charge in [0.2, 0.25) is 11.8 Å². The molecule has 8 heterocycles. The summed E-state index contributed by atoms with van der Waals surface area (Å²) in [7, 11) is -16.6. The van der Waals surface area contributed by atoms with Crippen LogP contribution in [-0.4, -0.2) is 134 Å². The molecule has 1 fully saturated rings. The molecule has 2 aliphatic rings. The number of carboxylic acid groups (broad SMARTS) is 1. The minimum atomic E-state index is -5.64. The Labute approximate surface area is 528 Å². The van der Waals surface area contributed by atoms with E-state index in [4.69, 9.17) is 39.5 Å². The smallest absolute Gasteiger partial charge is 0.657 e. The summed E-state index contributed by atoms with van der Waals surface area (Å²) in [6.45, 7) is 12.0. The third kappa shape index (κ3) is 16.9. The van der Waals surface area contributed by atoms with E-state index in [1.807, 2.05) is 78.0 Å². The summed E-state index contributed by atoms with van der Waals surface area (Å²) in [5.74, 6) is -2.32. The van der Waals surface area contributed by atoms with Crippen LogP contribution in [0, 0.1) is 33.1 Å². The van der Waals surface area contributed by atoms with Crippen LogP contribution < -0.4 is 68.1 Å². The first-order valence-electron chi connectivity index (χ1n) is 27.7. The zero-order valence-corrected chi connectivity index (χ0v) is 54.5. The molecule has 90 heavy (non-hydrogen) atoms. The van der Waals surface area contributed by atoms with Crippen LogP contribution in [0.5, 0.6) is 0 Å². The van der Waals surface area contributed by atoms with Crippen molar-refractivity contribution in [2.75, 3.05) is 37.8 Å². The maximum atomic E-state index is 13.4. The molecule has 6 aromatic rings. The van der Waals surface area contributed by atoms with Crippen LogP contribution in [0.15, 0.2) is 12.7 Å². The number of carbonyl (C=O) groups is 4. The zero-order valence-electron chi connectivity index (χ0n) is 49.9. The van der Waals surface area contributed by atoms with E-state index in [-0.39, 0.29) is 83.7 Å². The van der Waals surface area contributed by atoms with Crippen molar-refractivity contribution in [1.29, 1.82) is 0 Å². The van der Waals surface area contributed by atoms with Crippen LogP contribution >= 0.6 is 35.2 Å². The zero-order chi connectivity index (χ0) is 65.1. The largest absolute Gasteiger partial charge is 4.00 e. The Hall–Kier alpha value is -6.11. The fourth-order valence-corrected chi connectivity index (χ4v) is 13.7. The molecule has 486 valence electrons. The first kappa shape index (κ1) is 71.3. The third-order valence-electron chi connectivity index (χ3n) is 15.0. The van der Waals surface area contributed by atoms with Gasteiger partial charge in [0.05, 0.1) is 19.5 Å². The predicted molar refractivity (Wildman–Crippen MR) is 322 cm³/mol. The van der Waals surface area contributed by atoms with Crippen molar-refractivity contribution in [3.05, 3.63) is 101 Å². The number of ether oxygens (including phenoxy) is 1. The first-order chi connectivity index (χ1) is 41.8. The summed E-state index contributed by atoms with van der Waals surface area (Å²) in [6.07, 6.45) is 4.98. The van der Waals surface area contributed by atoms with Gasteiger partial charge in [0.15, 0.2) is 22.8 Å². The molecule has 35 heteroatoms. The number of phosphoric acid groups is 3. The van der Waals surface area contributed by atoms with Crippen LogP contribution in [0.2, 0.25) is 0 Å². The van der Waals surface area contributed by atoms with E-state index < -0.39 is 90.5 Å². The number of hydrogen-bond acceptors (Lipinski definition) is 19. The number of imidazole rings is 1. The standard InChI is InChI=1S/C55H68N11O19P3S.Fe/c1-9-31-27(3)35-19-36-29(5)33(11-13-45(68)69)41(64-36)22-42-34(30(6)38(65-42)21-40-32(10-2)28(4)37(63-40)20-39(31)62-35)12-14-46(70)89-18-17-57-44(67)15-16-58-53(73)50(72)55(7,8)24-82-88(79,80)85-87(77,78)81-23-43-49(84-86(74,75)76)48(71)54(83-43)66-26-61-47-51(56)59-25-60-52(47)66;/h9-10,19-22,25-26,43,48-50,54,71-72H,11-18,23-24H2,1-8H3,(H,57,67)(H,58,73)(H,68,69)(H,77,78)(H,79,80)(H2,56,59,60)(H2,74,75,76);/q-4;+4/b31-9+,32-10+,36-19+,39-20-,40-21-,41-22?;. The van der Waals surface area contributed by atoms with Crippen molar-refractivity contribution < 1.29 is 107 Å². The van der Waals surface area contributed by atoms with Crippen LogP contribution in [-0.2, 0) is 85.4 Å². The van der Waals surface area contributed by atoms with Gasteiger partial charge in [-0.1, -0.05) is 95.4 Å². The Morgan fingerprint density at radius 2 is 1.38 bits per heavy atom. The van der Waals surface area contributed by atoms with Gasteiger partial charge in [-0.05, 0) is 64.8 Å². The maximum absolute atomic E-state index is 13.4. The van der Waals surface area contributed by atoms with Crippen molar-refractivity contribution in [3.8, 4) is 0 Å². The molecule has 0 radical (unpaired) electrons. The van der Waals surface area contributed by atoms with E-state index >= 15 is 0 Å². The molecule has 0 aromatic carbocycles. The van der Waals surface area contributed by atoms with Crippen molar-refractivity contribution in [1.82, 2.24) is 50.1 Å². The van der Waals surface area contributed by atoms with E-state index in [0.29, 0.717) is 33.9 Å². The molecule has 7 unspecified atom stereocenters. The SMILES string of the molecule is C/C=c1\c(C)c2[n-]\c1=C/c1[n-]c(c(CCC(=O)SCCNC(=O)CCNC(=O)C(O)C(C)(C)COP(=O)(O)OP(=O)(O)OCC3OC(n4cnc5c(N)ncnc54)C(O)C3OP(=O)(O)O)c1C)C=c1[n-]/c(c(C)c1CCC(=O)O)=C/c1[n-]c(/c(=C/C)c1C)=C\2.[Fe+4]. The summed E-state index contributed by atoms with van der Waals surface area (Å²) in [6, 6.07) is 0. The molecule has 7 atom stereocenters. The van der Waals surface area contributed by atoms with Crippen molar-refractivity contribution in [2.45, 2.75) is 118 Å².